The molecular formula is C12H13NO4S3. The number of hydrogen-bond acceptors (Lipinski definition) is 6. The molecule has 1 unspecified atom stereocenters. The Labute approximate surface area is 125 Å². The molecule has 2 rings (SSSR count). The van der Waals surface area contributed by atoms with Crippen molar-refractivity contribution in [2.24, 2.45) is 0 Å². The molecule has 0 radical (unpaired) electrons. The second-order valence-corrected chi connectivity index (χ2v) is 7.77. The van der Waals surface area contributed by atoms with Crippen molar-refractivity contribution in [1.82, 2.24) is 4.72 Å². The van der Waals surface area contributed by atoms with Crippen molar-refractivity contribution in [3.8, 4) is 0 Å². The Balaban J connectivity index is 2.22. The van der Waals surface area contributed by atoms with Crippen molar-refractivity contribution >= 4 is 38.7 Å². The van der Waals surface area contributed by atoms with Gasteiger partial charge in [-0.25, -0.2) is 13.1 Å². The highest BCUT2D eigenvalue weighted by Crippen LogP contribution is 2.26. The number of thiophene rings is 2. The highest BCUT2D eigenvalue weighted by Gasteiger charge is 2.25. The molecule has 0 aliphatic heterocycles. The molecule has 2 aromatic rings. The molecule has 0 aromatic carbocycles. The third kappa shape index (κ3) is 3.66. The van der Waals surface area contributed by atoms with Gasteiger partial charge in [-0.05, 0) is 22.9 Å². The number of ether oxygens (including phenoxy) is 1. The van der Waals surface area contributed by atoms with E-state index in [0.29, 0.717) is 0 Å². The molecule has 5 nitrogen and oxygen atoms in total. The fraction of sp³-hybridized carbons (Fsp3) is 0.250. The Morgan fingerprint density at radius 2 is 2.00 bits per heavy atom. The van der Waals surface area contributed by atoms with Gasteiger partial charge in [-0.15, -0.1) is 22.7 Å². The van der Waals surface area contributed by atoms with Crippen molar-refractivity contribution in [2.45, 2.75) is 16.7 Å². The van der Waals surface area contributed by atoms with Crippen LogP contribution in [0.5, 0.6) is 0 Å². The summed E-state index contributed by atoms with van der Waals surface area (Å²) >= 11 is 2.52. The van der Waals surface area contributed by atoms with Crippen molar-refractivity contribution < 1.29 is 17.9 Å². The van der Waals surface area contributed by atoms with Crippen molar-refractivity contribution in [2.75, 3.05) is 7.11 Å². The molecule has 1 atom stereocenters. The average Bonchev–Trinajstić information content (AvgIpc) is 3.10. The van der Waals surface area contributed by atoms with Crippen LogP contribution in [0.25, 0.3) is 0 Å². The summed E-state index contributed by atoms with van der Waals surface area (Å²) in [5.41, 5.74) is 0. The fourth-order valence-electron chi connectivity index (χ4n) is 1.60. The number of hydrogen-bond donors (Lipinski definition) is 1. The first-order chi connectivity index (χ1) is 9.53. The van der Waals surface area contributed by atoms with E-state index >= 15 is 0 Å². The Morgan fingerprint density at radius 3 is 2.55 bits per heavy atom. The summed E-state index contributed by atoms with van der Waals surface area (Å²) in [6.07, 6.45) is -0.0401. The van der Waals surface area contributed by atoms with Crippen LogP contribution in [0.1, 0.15) is 17.3 Å². The van der Waals surface area contributed by atoms with E-state index < -0.39 is 22.0 Å². The largest absolute Gasteiger partial charge is 0.469 e. The predicted molar refractivity (Wildman–Crippen MR) is 78.3 cm³/mol. The molecule has 2 heterocycles. The number of sulfonamides is 1. The molecular weight excluding hydrogens is 318 g/mol. The van der Waals surface area contributed by atoms with Gasteiger partial charge in [0.05, 0.1) is 19.6 Å². The van der Waals surface area contributed by atoms with Gasteiger partial charge in [0.1, 0.15) is 4.21 Å². The molecule has 0 aliphatic carbocycles. The summed E-state index contributed by atoms with van der Waals surface area (Å²) in [5.74, 6) is -0.461. The summed E-state index contributed by atoms with van der Waals surface area (Å²) in [6, 6.07) is 6.17. The van der Waals surface area contributed by atoms with E-state index in [1.165, 1.54) is 24.5 Å². The minimum atomic E-state index is -3.63. The summed E-state index contributed by atoms with van der Waals surface area (Å²) in [7, 11) is -2.35. The predicted octanol–water partition coefficient (Wildman–Crippen LogP) is 2.39. The molecule has 1 N–H and O–H groups in total. The van der Waals surface area contributed by atoms with Gasteiger partial charge < -0.3 is 4.74 Å². The van der Waals surface area contributed by atoms with E-state index in [0.717, 1.165) is 16.2 Å². The van der Waals surface area contributed by atoms with E-state index in [9.17, 15) is 13.2 Å². The number of esters is 1. The van der Waals surface area contributed by atoms with Crippen LogP contribution in [0.4, 0.5) is 0 Å². The maximum absolute atomic E-state index is 12.2. The summed E-state index contributed by atoms with van der Waals surface area (Å²) < 4.78 is 31.8. The van der Waals surface area contributed by atoms with Gasteiger partial charge in [0.25, 0.3) is 10.0 Å². The van der Waals surface area contributed by atoms with Crippen LogP contribution in [0.15, 0.2) is 39.2 Å². The first kappa shape index (κ1) is 15.2. The van der Waals surface area contributed by atoms with Crippen LogP contribution in [0.3, 0.4) is 0 Å². The molecule has 0 saturated carbocycles. The van der Waals surface area contributed by atoms with Gasteiger partial charge in [-0.1, -0.05) is 12.1 Å². The third-order valence-corrected chi connectivity index (χ3v) is 6.40. The van der Waals surface area contributed by atoms with E-state index in [1.807, 2.05) is 11.4 Å². The molecule has 20 heavy (non-hydrogen) atoms. The first-order valence-electron chi connectivity index (χ1n) is 5.69. The van der Waals surface area contributed by atoms with Gasteiger partial charge in [0, 0.05) is 4.88 Å². The van der Waals surface area contributed by atoms with E-state index in [4.69, 9.17) is 0 Å². The molecule has 0 aliphatic rings. The second kappa shape index (κ2) is 6.49. The van der Waals surface area contributed by atoms with Crippen LogP contribution in [0.2, 0.25) is 0 Å². The molecule has 0 spiro atoms. The zero-order valence-corrected chi connectivity index (χ0v) is 13.1. The van der Waals surface area contributed by atoms with Crippen LogP contribution in [-0.2, 0) is 19.6 Å². The zero-order chi connectivity index (χ0) is 14.6. The van der Waals surface area contributed by atoms with Crippen molar-refractivity contribution in [3.05, 3.63) is 39.9 Å². The lowest BCUT2D eigenvalue weighted by Gasteiger charge is -2.15. The number of carbonyl (C=O) groups excluding carboxylic acids is 1. The van der Waals surface area contributed by atoms with Gasteiger partial charge in [0.2, 0.25) is 0 Å². The topological polar surface area (TPSA) is 72.5 Å². The minimum absolute atomic E-state index is 0.0401. The van der Waals surface area contributed by atoms with Gasteiger partial charge >= 0.3 is 5.97 Å². The summed E-state index contributed by atoms with van der Waals surface area (Å²) in [6.45, 7) is 0. The molecule has 0 bridgehead atoms. The van der Waals surface area contributed by atoms with Gasteiger partial charge in [-0.3, -0.25) is 4.79 Å². The van der Waals surface area contributed by atoms with Crippen LogP contribution in [-0.4, -0.2) is 21.5 Å². The molecule has 0 amide bonds. The Hall–Kier alpha value is -1.22. The average molecular weight is 331 g/mol. The minimum Gasteiger partial charge on any atom is -0.469 e. The second-order valence-electron chi connectivity index (χ2n) is 3.90. The molecule has 108 valence electrons. The van der Waals surface area contributed by atoms with E-state index in [2.05, 4.69) is 9.46 Å². The molecule has 0 fully saturated rings. The SMILES string of the molecule is COC(=O)CC(NS(=O)(=O)c1cccs1)c1cccs1. The Morgan fingerprint density at radius 1 is 1.30 bits per heavy atom. The maximum atomic E-state index is 12.2. The summed E-state index contributed by atoms with van der Waals surface area (Å²) in [4.78, 5) is 12.2. The maximum Gasteiger partial charge on any atom is 0.307 e. The lowest BCUT2D eigenvalue weighted by molar-refractivity contribution is -0.141. The molecule has 8 heteroatoms. The van der Waals surface area contributed by atoms with Gasteiger partial charge in [0.15, 0.2) is 0 Å². The van der Waals surface area contributed by atoms with Crippen molar-refractivity contribution in [1.29, 1.82) is 0 Å². The normalized spacial score (nSPS) is 13.1. The third-order valence-electron chi connectivity index (χ3n) is 2.54. The summed E-state index contributed by atoms with van der Waals surface area (Å²) in [5, 5.41) is 3.52. The van der Waals surface area contributed by atoms with Crippen LogP contribution < -0.4 is 4.72 Å². The quantitative estimate of drug-likeness (QED) is 0.825. The highest BCUT2D eigenvalue weighted by atomic mass is 32.2. The standard InChI is InChI=1S/C12H13NO4S3/c1-17-11(14)8-9(10-4-2-6-18-10)13-20(15,16)12-5-3-7-19-12/h2-7,9,13H,8H2,1H3. The zero-order valence-electron chi connectivity index (χ0n) is 10.6. The van der Waals surface area contributed by atoms with Crippen LogP contribution >= 0.6 is 22.7 Å². The smallest absolute Gasteiger partial charge is 0.307 e. The number of rotatable bonds is 6. The number of nitrogens with one attached hydrogen (secondary N) is 1. The first-order valence-corrected chi connectivity index (χ1v) is 8.93. The fourth-order valence-corrected chi connectivity index (χ4v) is 4.68. The van der Waals surface area contributed by atoms with E-state index in [-0.39, 0.29) is 10.6 Å². The lowest BCUT2D eigenvalue weighted by atomic mass is 10.2. The lowest BCUT2D eigenvalue weighted by Crippen LogP contribution is -2.29. The molecule has 0 saturated heterocycles. The van der Waals surface area contributed by atoms with Crippen molar-refractivity contribution in [3.63, 3.8) is 0 Å². The Kier molecular flexibility index (Phi) is 4.92. The number of methoxy groups -OCH3 is 1. The van der Waals surface area contributed by atoms with E-state index in [1.54, 1.807) is 17.5 Å². The van der Waals surface area contributed by atoms with Gasteiger partial charge in [-0.2, -0.15) is 0 Å². The van der Waals surface area contributed by atoms with Crippen LogP contribution in [0, 0.1) is 0 Å². The number of carbonyl (C=O) groups is 1. The molecule has 2 aromatic heterocycles. The monoisotopic (exact) mass is 331 g/mol. The Bertz CT molecular complexity index is 647. The highest BCUT2D eigenvalue weighted by molar-refractivity contribution is 7.91.